The average molecular weight is 374 g/mol. The van der Waals surface area contributed by atoms with E-state index in [2.05, 4.69) is 10.3 Å². The first-order valence-electron chi connectivity index (χ1n) is 8.41. The number of carbonyl (C=O) groups is 1. The lowest BCUT2D eigenvalue weighted by atomic mass is 9.92. The van der Waals surface area contributed by atoms with Gasteiger partial charge in [-0.3, -0.25) is 4.79 Å². The van der Waals surface area contributed by atoms with Crippen molar-refractivity contribution in [3.63, 3.8) is 0 Å². The molecule has 0 saturated heterocycles. The number of amides is 1. The van der Waals surface area contributed by atoms with Crippen LogP contribution in [-0.2, 0) is 11.3 Å². The maximum Gasteiger partial charge on any atom is 0.226 e. The van der Waals surface area contributed by atoms with E-state index < -0.39 is 0 Å². The van der Waals surface area contributed by atoms with Gasteiger partial charge in [0.2, 0.25) is 5.91 Å². The summed E-state index contributed by atoms with van der Waals surface area (Å²) in [6.07, 6.45) is 2.21. The van der Waals surface area contributed by atoms with Gasteiger partial charge in [-0.25, -0.2) is 9.37 Å². The van der Waals surface area contributed by atoms with E-state index in [0.717, 1.165) is 5.52 Å². The summed E-state index contributed by atoms with van der Waals surface area (Å²) in [5, 5.41) is 3.13. The molecule has 1 aromatic carbocycles. The van der Waals surface area contributed by atoms with Crippen LogP contribution in [0.15, 0.2) is 42.6 Å². The van der Waals surface area contributed by atoms with Crippen LogP contribution < -0.4 is 5.32 Å². The molecule has 3 aromatic rings. The molecule has 6 heteroatoms. The van der Waals surface area contributed by atoms with Gasteiger partial charge in [-0.2, -0.15) is 0 Å². The van der Waals surface area contributed by atoms with Crippen molar-refractivity contribution in [3.05, 3.63) is 59.0 Å². The SMILES string of the molecule is CC(C)(C)CC(=O)Nc1nc2ccn(Cc3ccccc3F)c2cc1Cl. The zero-order chi connectivity index (χ0) is 18.9. The summed E-state index contributed by atoms with van der Waals surface area (Å²) in [5.74, 6) is -0.0337. The van der Waals surface area contributed by atoms with Gasteiger partial charge in [-0.1, -0.05) is 50.6 Å². The zero-order valence-electron chi connectivity index (χ0n) is 15.0. The summed E-state index contributed by atoms with van der Waals surface area (Å²) in [7, 11) is 0. The van der Waals surface area contributed by atoms with Crippen molar-refractivity contribution >= 4 is 34.4 Å². The average Bonchev–Trinajstić information content (AvgIpc) is 2.90. The highest BCUT2D eigenvalue weighted by molar-refractivity contribution is 6.34. The van der Waals surface area contributed by atoms with Gasteiger partial charge >= 0.3 is 0 Å². The molecule has 1 amide bonds. The van der Waals surface area contributed by atoms with Gasteiger partial charge in [-0.15, -0.1) is 0 Å². The van der Waals surface area contributed by atoms with Crippen LogP contribution in [0.5, 0.6) is 0 Å². The van der Waals surface area contributed by atoms with Crippen LogP contribution in [0.4, 0.5) is 10.2 Å². The van der Waals surface area contributed by atoms with Crippen LogP contribution in [0, 0.1) is 11.2 Å². The normalized spacial score (nSPS) is 11.7. The zero-order valence-corrected chi connectivity index (χ0v) is 15.8. The summed E-state index contributed by atoms with van der Waals surface area (Å²) in [4.78, 5) is 16.6. The van der Waals surface area contributed by atoms with E-state index in [0.29, 0.717) is 34.9 Å². The number of halogens is 2. The summed E-state index contributed by atoms with van der Waals surface area (Å²) >= 11 is 6.32. The van der Waals surface area contributed by atoms with Crippen LogP contribution in [0.2, 0.25) is 5.02 Å². The Kier molecular flexibility index (Phi) is 5.01. The largest absolute Gasteiger partial charge is 0.342 e. The van der Waals surface area contributed by atoms with Crippen molar-refractivity contribution in [2.45, 2.75) is 33.7 Å². The van der Waals surface area contributed by atoms with E-state index in [1.165, 1.54) is 6.07 Å². The molecule has 0 saturated carbocycles. The lowest BCUT2D eigenvalue weighted by molar-refractivity contribution is -0.117. The number of nitrogens with zero attached hydrogens (tertiary/aromatic N) is 2. The second-order valence-corrected chi connectivity index (χ2v) is 7.95. The second-order valence-electron chi connectivity index (χ2n) is 7.54. The molecule has 26 heavy (non-hydrogen) atoms. The molecule has 136 valence electrons. The molecule has 2 heterocycles. The molecular formula is C20H21ClFN3O. The smallest absolute Gasteiger partial charge is 0.226 e. The van der Waals surface area contributed by atoms with Crippen LogP contribution in [-0.4, -0.2) is 15.5 Å². The summed E-state index contributed by atoms with van der Waals surface area (Å²) in [6, 6.07) is 10.2. The molecule has 0 radical (unpaired) electrons. The second kappa shape index (κ2) is 7.08. The molecule has 1 N–H and O–H groups in total. The van der Waals surface area contributed by atoms with Crippen LogP contribution >= 0.6 is 11.6 Å². The van der Waals surface area contributed by atoms with Gasteiger partial charge in [0.25, 0.3) is 0 Å². The third-order valence-electron chi connectivity index (χ3n) is 3.95. The third-order valence-corrected chi connectivity index (χ3v) is 4.24. The van der Waals surface area contributed by atoms with Gasteiger partial charge in [-0.05, 0) is 23.6 Å². The Labute approximate surface area is 157 Å². The number of anilines is 1. The first-order chi connectivity index (χ1) is 12.2. The molecule has 4 nitrogen and oxygen atoms in total. The van der Waals surface area contributed by atoms with E-state index in [1.807, 2.05) is 37.6 Å². The minimum atomic E-state index is -0.250. The minimum absolute atomic E-state index is 0.121. The van der Waals surface area contributed by atoms with Gasteiger partial charge in [0.1, 0.15) is 5.82 Å². The number of carbonyl (C=O) groups excluding carboxylic acids is 1. The number of benzene rings is 1. The van der Waals surface area contributed by atoms with Gasteiger partial charge in [0.15, 0.2) is 5.82 Å². The Morgan fingerprint density at radius 3 is 2.69 bits per heavy atom. The monoisotopic (exact) mass is 373 g/mol. The Morgan fingerprint density at radius 1 is 1.27 bits per heavy atom. The number of aromatic nitrogens is 2. The molecule has 3 rings (SSSR count). The van der Waals surface area contributed by atoms with Crippen molar-refractivity contribution < 1.29 is 9.18 Å². The first-order valence-corrected chi connectivity index (χ1v) is 8.79. The number of pyridine rings is 1. The van der Waals surface area contributed by atoms with Crippen molar-refractivity contribution in [1.29, 1.82) is 0 Å². The van der Waals surface area contributed by atoms with Crippen LogP contribution in [0.3, 0.4) is 0 Å². The maximum atomic E-state index is 13.9. The Bertz CT molecular complexity index is 959. The van der Waals surface area contributed by atoms with Crippen molar-refractivity contribution in [1.82, 2.24) is 9.55 Å². The fourth-order valence-electron chi connectivity index (χ4n) is 2.78. The van der Waals surface area contributed by atoms with E-state index >= 15 is 0 Å². The Hall–Kier alpha value is -2.40. The molecule has 2 aromatic heterocycles. The first kappa shape index (κ1) is 18.4. The molecule has 0 aliphatic rings. The Balaban J connectivity index is 1.87. The van der Waals surface area contributed by atoms with Crippen molar-refractivity contribution in [3.8, 4) is 0 Å². The summed E-state index contributed by atoms with van der Waals surface area (Å²) in [5.41, 5.74) is 1.94. The third kappa shape index (κ3) is 4.22. The minimum Gasteiger partial charge on any atom is -0.342 e. The molecule has 0 unspecified atom stereocenters. The topological polar surface area (TPSA) is 46.9 Å². The number of nitrogens with one attached hydrogen (secondary N) is 1. The molecule has 0 aliphatic heterocycles. The van der Waals surface area contributed by atoms with Gasteiger partial charge < -0.3 is 9.88 Å². The molecule has 0 spiro atoms. The highest BCUT2D eigenvalue weighted by Crippen LogP contribution is 2.27. The van der Waals surface area contributed by atoms with Crippen LogP contribution in [0.1, 0.15) is 32.8 Å². The number of fused-ring (bicyclic) bond motifs is 1. The fraction of sp³-hybridized carbons (Fsp3) is 0.300. The fourth-order valence-corrected chi connectivity index (χ4v) is 2.97. The van der Waals surface area contributed by atoms with E-state index in [9.17, 15) is 9.18 Å². The van der Waals surface area contributed by atoms with Gasteiger partial charge in [0.05, 0.1) is 22.6 Å². The predicted molar refractivity (Wildman–Crippen MR) is 103 cm³/mol. The standard InChI is InChI=1S/C20H21ClFN3O/c1-20(2,3)11-18(26)24-19-14(21)10-17-16(23-19)8-9-25(17)12-13-6-4-5-7-15(13)22/h4-10H,11-12H2,1-3H3,(H,23,24,26). The highest BCUT2D eigenvalue weighted by atomic mass is 35.5. The van der Waals surface area contributed by atoms with Gasteiger partial charge in [0, 0.05) is 18.2 Å². The van der Waals surface area contributed by atoms with E-state index in [-0.39, 0.29) is 17.1 Å². The van der Waals surface area contributed by atoms with E-state index in [4.69, 9.17) is 11.6 Å². The quantitative estimate of drug-likeness (QED) is 0.678. The number of hydrogen-bond acceptors (Lipinski definition) is 2. The van der Waals surface area contributed by atoms with Crippen molar-refractivity contribution in [2.24, 2.45) is 5.41 Å². The predicted octanol–water partition coefficient (Wildman–Crippen LogP) is 5.25. The Morgan fingerprint density at radius 2 is 2.00 bits per heavy atom. The number of rotatable bonds is 4. The lowest BCUT2D eigenvalue weighted by Gasteiger charge is -2.17. The lowest BCUT2D eigenvalue weighted by Crippen LogP contribution is -2.20. The highest BCUT2D eigenvalue weighted by Gasteiger charge is 2.18. The molecular weight excluding hydrogens is 353 g/mol. The molecule has 0 atom stereocenters. The van der Waals surface area contributed by atoms with E-state index in [1.54, 1.807) is 24.3 Å². The summed E-state index contributed by atoms with van der Waals surface area (Å²) in [6.45, 7) is 6.36. The van der Waals surface area contributed by atoms with Crippen LogP contribution in [0.25, 0.3) is 11.0 Å². The summed E-state index contributed by atoms with van der Waals surface area (Å²) < 4.78 is 15.8. The molecule has 0 aliphatic carbocycles. The maximum absolute atomic E-state index is 13.9. The molecule has 0 bridgehead atoms. The van der Waals surface area contributed by atoms with Crippen molar-refractivity contribution in [2.75, 3.05) is 5.32 Å². The number of hydrogen-bond donors (Lipinski definition) is 1. The molecule has 0 fully saturated rings.